The van der Waals surface area contributed by atoms with Crippen molar-refractivity contribution in [1.82, 2.24) is 0 Å². The SMILES string of the molecule is Cc1cc(SC/C=C(\c2cc3ccccc3o2)c2cccs2)ccc1OCC(=O)O. The first-order chi connectivity index (χ1) is 14.6. The van der Waals surface area contributed by atoms with Crippen LogP contribution in [0.5, 0.6) is 5.75 Å². The first kappa shape index (κ1) is 20.3. The molecule has 2 aromatic heterocycles. The lowest BCUT2D eigenvalue weighted by molar-refractivity contribution is -0.139. The maximum absolute atomic E-state index is 10.7. The van der Waals surface area contributed by atoms with Gasteiger partial charge in [0, 0.05) is 26.5 Å². The molecule has 0 saturated carbocycles. The van der Waals surface area contributed by atoms with E-state index >= 15 is 0 Å². The fourth-order valence-corrected chi connectivity index (χ4v) is 4.74. The zero-order chi connectivity index (χ0) is 20.9. The second-order valence-corrected chi connectivity index (χ2v) is 8.71. The number of carbonyl (C=O) groups is 1. The monoisotopic (exact) mass is 436 g/mol. The van der Waals surface area contributed by atoms with Crippen molar-refractivity contribution in [2.24, 2.45) is 0 Å². The van der Waals surface area contributed by atoms with E-state index in [2.05, 4.69) is 29.7 Å². The summed E-state index contributed by atoms with van der Waals surface area (Å²) in [6.45, 7) is 1.58. The number of carboxylic acid groups (broad SMARTS) is 1. The van der Waals surface area contributed by atoms with Gasteiger partial charge in [-0.3, -0.25) is 0 Å². The Hall–Kier alpha value is -2.96. The van der Waals surface area contributed by atoms with Gasteiger partial charge in [-0.25, -0.2) is 4.79 Å². The predicted octanol–water partition coefficient (Wildman–Crippen LogP) is 6.49. The minimum Gasteiger partial charge on any atom is -0.482 e. The van der Waals surface area contributed by atoms with Crippen LogP contribution in [-0.2, 0) is 4.79 Å². The number of aliphatic carboxylic acids is 1. The van der Waals surface area contributed by atoms with Gasteiger partial charge < -0.3 is 14.3 Å². The fraction of sp³-hybridized carbons (Fsp3) is 0.125. The summed E-state index contributed by atoms with van der Waals surface area (Å²) in [7, 11) is 0. The molecule has 0 spiro atoms. The summed E-state index contributed by atoms with van der Waals surface area (Å²) in [6.07, 6.45) is 2.19. The van der Waals surface area contributed by atoms with Crippen molar-refractivity contribution >= 4 is 45.6 Å². The molecule has 30 heavy (non-hydrogen) atoms. The number of fused-ring (bicyclic) bond motifs is 1. The number of carboxylic acids is 1. The van der Waals surface area contributed by atoms with Crippen molar-refractivity contribution in [3.8, 4) is 5.75 Å². The lowest BCUT2D eigenvalue weighted by atomic mass is 10.1. The van der Waals surface area contributed by atoms with Crippen LogP contribution in [0.25, 0.3) is 16.5 Å². The van der Waals surface area contributed by atoms with Crippen molar-refractivity contribution in [1.29, 1.82) is 0 Å². The second kappa shape index (κ2) is 9.24. The predicted molar refractivity (Wildman–Crippen MR) is 123 cm³/mol. The van der Waals surface area contributed by atoms with E-state index in [1.807, 2.05) is 49.4 Å². The quantitative estimate of drug-likeness (QED) is 0.320. The van der Waals surface area contributed by atoms with Gasteiger partial charge in [-0.05, 0) is 54.3 Å². The van der Waals surface area contributed by atoms with Crippen LogP contribution >= 0.6 is 23.1 Å². The Morgan fingerprint density at radius 2 is 2.03 bits per heavy atom. The van der Waals surface area contributed by atoms with Crippen LogP contribution in [0.15, 0.2) is 81.4 Å². The van der Waals surface area contributed by atoms with Crippen LogP contribution in [0.1, 0.15) is 16.2 Å². The molecule has 0 saturated heterocycles. The van der Waals surface area contributed by atoms with Crippen LogP contribution in [0.3, 0.4) is 0 Å². The van der Waals surface area contributed by atoms with Gasteiger partial charge in [0.15, 0.2) is 6.61 Å². The van der Waals surface area contributed by atoms with Gasteiger partial charge in [-0.1, -0.05) is 30.3 Å². The number of para-hydroxylation sites is 1. The summed E-state index contributed by atoms with van der Waals surface area (Å²) in [4.78, 5) is 13.0. The minimum atomic E-state index is -0.982. The van der Waals surface area contributed by atoms with E-state index in [-0.39, 0.29) is 6.61 Å². The summed E-state index contributed by atoms with van der Waals surface area (Å²) in [6, 6.07) is 20.1. The number of aryl methyl sites for hydroxylation is 1. The molecule has 2 heterocycles. The van der Waals surface area contributed by atoms with Crippen molar-refractivity contribution in [3.63, 3.8) is 0 Å². The van der Waals surface area contributed by atoms with E-state index in [4.69, 9.17) is 14.3 Å². The molecule has 4 nitrogen and oxygen atoms in total. The first-order valence-corrected chi connectivity index (χ1v) is 11.3. The molecule has 6 heteroatoms. The zero-order valence-electron chi connectivity index (χ0n) is 16.3. The van der Waals surface area contributed by atoms with Gasteiger partial charge in [0.1, 0.15) is 17.1 Å². The number of rotatable bonds is 8. The van der Waals surface area contributed by atoms with Crippen molar-refractivity contribution in [3.05, 3.63) is 88.3 Å². The highest BCUT2D eigenvalue weighted by molar-refractivity contribution is 7.99. The molecule has 0 unspecified atom stereocenters. The van der Waals surface area contributed by atoms with Gasteiger partial charge in [0.05, 0.1) is 0 Å². The highest BCUT2D eigenvalue weighted by Gasteiger charge is 2.12. The molecule has 0 aliphatic carbocycles. The lowest BCUT2D eigenvalue weighted by Gasteiger charge is -2.08. The molecule has 0 bridgehead atoms. The van der Waals surface area contributed by atoms with E-state index in [1.54, 1.807) is 23.1 Å². The molecule has 152 valence electrons. The number of ether oxygens (including phenoxy) is 1. The molecule has 0 aliphatic rings. The van der Waals surface area contributed by atoms with Gasteiger partial charge in [-0.15, -0.1) is 23.1 Å². The third kappa shape index (κ3) is 4.78. The molecule has 4 aromatic rings. The number of benzene rings is 2. The van der Waals surface area contributed by atoms with Crippen LogP contribution < -0.4 is 4.74 Å². The smallest absolute Gasteiger partial charge is 0.341 e. The summed E-state index contributed by atoms with van der Waals surface area (Å²) < 4.78 is 11.4. The zero-order valence-corrected chi connectivity index (χ0v) is 18.0. The van der Waals surface area contributed by atoms with Crippen LogP contribution in [-0.4, -0.2) is 23.4 Å². The molecule has 0 aliphatic heterocycles. The normalized spacial score (nSPS) is 11.7. The Morgan fingerprint density at radius 1 is 1.17 bits per heavy atom. The third-order valence-corrected chi connectivity index (χ3v) is 6.34. The van der Waals surface area contributed by atoms with Crippen molar-refractivity contribution < 1.29 is 19.1 Å². The van der Waals surface area contributed by atoms with Crippen LogP contribution in [0, 0.1) is 6.92 Å². The number of furan rings is 1. The van der Waals surface area contributed by atoms with Crippen molar-refractivity contribution in [2.75, 3.05) is 12.4 Å². The van der Waals surface area contributed by atoms with E-state index in [9.17, 15) is 4.79 Å². The molecule has 2 aromatic carbocycles. The molecule has 0 radical (unpaired) electrons. The minimum absolute atomic E-state index is 0.336. The summed E-state index contributed by atoms with van der Waals surface area (Å²) in [5, 5.41) is 11.9. The van der Waals surface area contributed by atoms with Crippen molar-refractivity contribution in [2.45, 2.75) is 11.8 Å². The molecule has 1 N–H and O–H groups in total. The van der Waals surface area contributed by atoms with Crippen LogP contribution in [0.2, 0.25) is 0 Å². The van der Waals surface area contributed by atoms with E-state index in [0.717, 1.165) is 38.5 Å². The van der Waals surface area contributed by atoms with E-state index in [0.29, 0.717) is 5.75 Å². The Labute approximate surface area is 182 Å². The number of hydrogen-bond acceptors (Lipinski definition) is 5. The van der Waals surface area contributed by atoms with E-state index < -0.39 is 5.97 Å². The van der Waals surface area contributed by atoms with Crippen LogP contribution in [0.4, 0.5) is 0 Å². The molecule has 4 rings (SSSR count). The molecular formula is C24H20O4S2. The standard InChI is InChI=1S/C24H20O4S2/c1-16-13-18(8-9-20(16)27-15-24(25)26)29-12-10-19(23-7-4-11-30-23)22-14-17-5-2-3-6-21(17)28-22/h2-11,13-14H,12,15H2,1H3,(H,25,26)/b19-10+. The highest BCUT2D eigenvalue weighted by atomic mass is 32.2. The summed E-state index contributed by atoms with van der Waals surface area (Å²) in [5.74, 6) is 1.26. The molecule has 0 fully saturated rings. The molecular weight excluding hydrogens is 416 g/mol. The maximum Gasteiger partial charge on any atom is 0.341 e. The van der Waals surface area contributed by atoms with Gasteiger partial charge in [0.25, 0.3) is 0 Å². The third-order valence-electron chi connectivity index (χ3n) is 4.51. The number of hydrogen-bond donors (Lipinski definition) is 1. The average molecular weight is 437 g/mol. The Bertz CT molecular complexity index is 1160. The highest BCUT2D eigenvalue weighted by Crippen LogP contribution is 2.33. The fourth-order valence-electron chi connectivity index (χ4n) is 3.10. The topological polar surface area (TPSA) is 59.7 Å². The van der Waals surface area contributed by atoms with E-state index in [1.165, 1.54) is 4.88 Å². The number of thiophene rings is 1. The number of thioether (sulfide) groups is 1. The second-order valence-electron chi connectivity index (χ2n) is 6.66. The largest absolute Gasteiger partial charge is 0.482 e. The Kier molecular flexibility index (Phi) is 6.26. The molecule has 0 atom stereocenters. The lowest BCUT2D eigenvalue weighted by Crippen LogP contribution is -2.09. The average Bonchev–Trinajstić information content (AvgIpc) is 3.40. The summed E-state index contributed by atoms with van der Waals surface area (Å²) in [5.41, 5.74) is 2.89. The maximum atomic E-state index is 10.7. The van der Waals surface area contributed by atoms with Gasteiger partial charge in [-0.2, -0.15) is 0 Å². The first-order valence-electron chi connectivity index (χ1n) is 9.41. The van der Waals surface area contributed by atoms with Gasteiger partial charge >= 0.3 is 5.97 Å². The Morgan fingerprint density at radius 3 is 2.77 bits per heavy atom. The van der Waals surface area contributed by atoms with Gasteiger partial charge in [0.2, 0.25) is 0 Å². The molecule has 0 amide bonds. The Balaban J connectivity index is 1.52. The summed E-state index contributed by atoms with van der Waals surface area (Å²) >= 11 is 3.40.